The van der Waals surface area contributed by atoms with Crippen molar-refractivity contribution in [3.8, 4) is 0 Å². The largest absolute Gasteiger partial charge is 0.480 e. The molecule has 3 amide bonds. The molecule has 108 valence electrons. The van der Waals surface area contributed by atoms with Crippen LogP contribution < -0.4 is 5.32 Å². The predicted octanol–water partition coefficient (Wildman–Crippen LogP) is 0.866. The number of amides is 3. The minimum Gasteiger partial charge on any atom is -0.480 e. The van der Waals surface area contributed by atoms with E-state index >= 15 is 0 Å². The molecule has 0 aromatic carbocycles. The average molecular weight is 306 g/mol. The fourth-order valence-electron chi connectivity index (χ4n) is 1.87. The second kappa shape index (κ2) is 7.64. The van der Waals surface area contributed by atoms with Crippen LogP contribution in [0, 0.1) is 0 Å². The Hall–Kier alpha value is -0.890. The molecule has 1 saturated heterocycles. The molecule has 1 aliphatic heterocycles. The molecule has 1 fully saturated rings. The highest BCUT2D eigenvalue weighted by atomic mass is 32.2. The first kappa shape index (κ1) is 16.2. The van der Waals surface area contributed by atoms with Crippen molar-refractivity contribution in [1.82, 2.24) is 10.2 Å². The summed E-state index contributed by atoms with van der Waals surface area (Å²) in [5.74, 6) is -0.230. The Morgan fingerprint density at radius 3 is 2.53 bits per heavy atom. The number of aliphatic carboxylic acids is 1. The van der Waals surface area contributed by atoms with E-state index in [0.29, 0.717) is 12.2 Å². The Kier molecular flexibility index (Phi) is 6.50. The van der Waals surface area contributed by atoms with E-state index in [4.69, 9.17) is 0 Å². The van der Waals surface area contributed by atoms with Crippen LogP contribution in [0.25, 0.3) is 0 Å². The van der Waals surface area contributed by atoms with Gasteiger partial charge in [0, 0.05) is 0 Å². The van der Waals surface area contributed by atoms with E-state index < -0.39 is 30.0 Å². The lowest BCUT2D eigenvalue weighted by atomic mass is 10.1. The van der Waals surface area contributed by atoms with E-state index in [0.717, 1.165) is 10.7 Å². The molecule has 0 radical (unpaired) electrons. The normalized spacial score (nSPS) is 20.5. The van der Waals surface area contributed by atoms with Gasteiger partial charge in [-0.15, -0.1) is 0 Å². The molecular formula is C11H18N2O4S2. The molecule has 0 bridgehead atoms. The summed E-state index contributed by atoms with van der Waals surface area (Å²) in [6.07, 6.45) is 4.56. The van der Waals surface area contributed by atoms with Gasteiger partial charge < -0.3 is 10.4 Å². The van der Waals surface area contributed by atoms with E-state index in [2.05, 4.69) is 5.32 Å². The van der Waals surface area contributed by atoms with Gasteiger partial charge in [0.05, 0.1) is 0 Å². The number of nitrogens with one attached hydrogen (secondary N) is 1. The quantitative estimate of drug-likeness (QED) is 0.647. The number of hydrogen-bond acceptors (Lipinski definition) is 5. The molecule has 2 unspecified atom stereocenters. The molecular weight excluding hydrogens is 288 g/mol. The number of carboxylic acids is 1. The standard InChI is InChI=1S/C11H18N2O4S2/c1-18-5-3-7-9(14)13(11(17)12-7)8(10(15)16)4-6-19-2/h7-8H,3-6H2,1-2H3,(H,12,17)(H,15,16). The molecule has 1 rings (SSSR count). The van der Waals surface area contributed by atoms with Crippen molar-refractivity contribution in [1.29, 1.82) is 0 Å². The molecule has 0 aliphatic carbocycles. The van der Waals surface area contributed by atoms with Gasteiger partial charge in [-0.05, 0) is 36.9 Å². The van der Waals surface area contributed by atoms with Crippen LogP contribution in [0.1, 0.15) is 12.8 Å². The molecule has 1 heterocycles. The third-order valence-corrected chi connectivity index (χ3v) is 4.14. The summed E-state index contributed by atoms with van der Waals surface area (Å²) in [5.41, 5.74) is 0. The van der Waals surface area contributed by atoms with Gasteiger partial charge in [-0.2, -0.15) is 23.5 Å². The summed E-state index contributed by atoms with van der Waals surface area (Å²) in [7, 11) is 0. The Bertz CT molecular complexity index is 365. The maximum Gasteiger partial charge on any atom is 0.327 e. The number of carbonyl (C=O) groups is 3. The number of hydrogen-bond donors (Lipinski definition) is 2. The minimum atomic E-state index is -1.14. The van der Waals surface area contributed by atoms with Gasteiger partial charge in [0.25, 0.3) is 5.91 Å². The Balaban J connectivity index is 2.76. The number of urea groups is 1. The van der Waals surface area contributed by atoms with Crippen LogP contribution in [0.3, 0.4) is 0 Å². The van der Waals surface area contributed by atoms with E-state index in [1.54, 1.807) is 11.8 Å². The lowest BCUT2D eigenvalue weighted by Gasteiger charge is -2.21. The maximum absolute atomic E-state index is 12.1. The van der Waals surface area contributed by atoms with Crippen molar-refractivity contribution < 1.29 is 19.5 Å². The molecule has 2 N–H and O–H groups in total. The molecule has 0 spiro atoms. The Morgan fingerprint density at radius 2 is 2.00 bits per heavy atom. The van der Waals surface area contributed by atoms with E-state index in [-0.39, 0.29) is 6.42 Å². The second-order valence-electron chi connectivity index (χ2n) is 4.13. The Morgan fingerprint density at radius 1 is 1.37 bits per heavy atom. The third-order valence-electron chi connectivity index (χ3n) is 2.85. The van der Waals surface area contributed by atoms with E-state index in [1.807, 2.05) is 12.5 Å². The van der Waals surface area contributed by atoms with Crippen LogP contribution in [-0.2, 0) is 9.59 Å². The number of carbonyl (C=O) groups excluding carboxylic acids is 2. The van der Waals surface area contributed by atoms with Crippen LogP contribution in [0.15, 0.2) is 0 Å². The van der Waals surface area contributed by atoms with Gasteiger partial charge in [0.1, 0.15) is 12.1 Å². The smallest absolute Gasteiger partial charge is 0.327 e. The number of rotatable bonds is 8. The molecule has 1 aliphatic rings. The van der Waals surface area contributed by atoms with Crippen LogP contribution in [-0.4, -0.2) is 64.0 Å². The summed E-state index contributed by atoms with van der Waals surface area (Å²) in [6.45, 7) is 0. The van der Waals surface area contributed by atoms with Gasteiger partial charge in [-0.25, -0.2) is 14.5 Å². The minimum absolute atomic E-state index is 0.269. The second-order valence-corrected chi connectivity index (χ2v) is 6.10. The fraction of sp³-hybridized carbons (Fsp3) is 0.727. The predicted molar refractivity (Wildman–Crippen MR) is 76.6 cm³/mol. The lowest BCUT2D eigenvalue weighted by Crippen LogP contribution is -2.46. The van der Waals surface area contributed by atoms with Crippen molar-refractivity contribution >= 4 is 41.4 Å². The highest BCUT2D eigenvalue weighted by molar-refractivity contribution is 7.98. The van der Waals surface area contributed by atoms with E-state index in [9.17, 15) is 19.5 Å². The topological polar surface area (TPSA) is 86.7 Å². The molecule has 0 aromatic rings. The number of nitrogens with zero attached hydrogens (tertiary/aromatic N) is 1. The molecule has 19 heavy (non-hydrogen) atoms. The molecule has 6 nitrogen and oxygen atoms in total. The van der Waals surface area contributed by atoms with Gasteiger partial charge in [-0.3, -0.25) is 4.79 Å². The fourth-order valence-corrected chi connectivity index (χ4v) is 2.80. The van der Waals surface area contributed by atoms with Crippen molar-refractivity contribution in [3.05, 3.63) is 0 Å². The van der Waals surface area contributed by atoms with Crippen LogP contribution in [0.5, 0.6) is 0 Å². The lowest BCUT2D eigenvalue weighted by molar-refractivity contribution is -0.146. The SMILES string of the molecule is CSCCC1NC(=O)N(C(CCSC)C(=O)O)C1=O. The van der Waals surface area contributed by atoms with Crippen LogP contribution in [0.4, 0.5) is 4.79 Å². The number of carboxylic acid groups (broad SMARTS) is 1. The summed E-state index contributed by atoms with van der Waals surface area (Å²) in [4.78, 5) is 36.0. The Labute approximate surface area is 120 Å². The maximum atomic E-state index is 12.1. The first-order valence-electron chi connectivity index (χ1n) is 5.87. The van der Waals surface area contributed by atoms with E-state index in [1.165, 1.54) is 11.8 Å². The molecule has 2 atom stereocenters. The first-order valence-corrected chi connectivity index (χ1v) is 8.66. The van der Waals surface area contributed by atoms with Crippen LogP contribution in [0.2, 0.25) is 0 Å². The number of imide groups is 1. The van der Waals surface area contributed by atoms with Gasteiger partial charge >= 0.3 is 12.0 Å². The van der Waals surface area contributed by atoms with Gasteiger partial charge in [0.15, 0.2) is 0 Å². The summed E-state index contributed by atoms with van der Waals surface area (Å²) in [6, 6.07) is -2.25. The zero-order chi connectivity index (χ0) is 14.4. The first-order chi connectivity index (χ1) is 9.02. The molecule has 8 heteroatoms. The summed E-state index contributed by atoms with van der Waals surface area (Å²) >= 11 is 3.07. The summed E-state index contributed by atoms with van der Waals surface area (Å²) < 4.78 is 0. The third kappa shape index (κ3) is 4.04. The monoisotopic (exact) mass is 306 g/mol. The van der Waals surface area contributed by atoms with Crippen molar-refractivity contribution in [2.75, 3.05) is 24.0 Å². The average Bonchev–Trinajstić information content (AvgIpc) is 2.63. The van der Waals surface area contributed by atoms with Gasteiger partial charge in [0.2, 0.25) is 0 Å². The van der Waals surface area contributed by atoms with Crippen molar-refractivity contribution in [2.24, 2.45) is 0 Å². The zero-order valence-corrected chi connectivity index (χ0v) is 12.6. The highest BCUT2D eigenvalue weighted by Gasteiger charge is 2.44. The molecule has 0 aromatic heterocycles. The number of thioether (sulfide) groups is 2. The van der Waals surface area contributed by atoms with Crippen LogP contribution >= 0.6 is 23.5 Å². The van der Waals surface area contributed by atoms with Crippen molar-refractivity contribution in [2.45, 2.75) is 24.9 Å². The van der Waals surface area contributed by atoms with Crippen molar-refractivity contribution in [3.63, 3.8) is 0 Å². The summed E-state index contributed by atoms with van der Waals surface area (Å²) in [5, 5.41) is 11.7. The zero-order valence-electron chi connectivity index (χ0n) is 10.9. The van der Waals surface area contributed by atoms with Gasteiger partial charge in [-0.1, -0.05) is 0 Å². The highest BCUT2D eigenvalue weighted by Crippen LogP contribution is 2.18. The molecule has 0 saturated carbocycles.